The fourth-order valence-electron chi connectivity index (χ4n) is 6.91. The van der Waals surface area contributed by atoms with Crippen molar-refractivity contribution in [2.75, 3.05) is 0 Å². The van der Waals surface area contributed by atoms with Crippen LogP contribution in [0, 0.1) is 0 Å². The molecule has 1 nitrogen and oxygen atoms in total. The smallest absolute Gasteiger partial charge is 0.136 e. The van der Waals surface area contributed by atoms with Crippen molar-refractivity contribution in [3.63, 3.8) is 0 Å². The predicted molar refractivity (Wildman–Crippen MR) is 173 cm³/mol. The summed E-state index contributed by atoms with van der Waals surface area (Å²) >= 11 is 0. The Kier molecular flexibility index (Phi) is 4.67. The van der Waals surface area contributed by atoms with Crippen molar-refractivity contribution in [3.05, 3.63) is 146 Å². The molecular formula is C40H24O. The number of hydrogen-bond donors (Lipinski definition) is 0. The lowest BCUT2D eigenvalue weighted by Gasteiger charge is -2.23. The fourth-order valence-corrected chi connectivity index (χ4v) is 6.91. The maximum atomic E-state index is 6.58. The lowest BCUT2D eigenvalue weighted by molar-refractivity contribution is 0.487. The van der Waals surface area contributed by atoms with Crippen LogP contribution in [0.15, 0.2) is 146 Å². The summed E-state index contributed by atoms with van der Waals surface area (Å²) in [4.78, 5) is 0. The first-order valence-electron chi connectivity index (χ1n) is 14.1. The number of fused-ring (bicyclic) bond motifs is 5. The van der Waals surface area contributed by atoms with Crippen LogP contribution in [-0.2, 0) is 0 Å². The van der Waals surface area contributed by atoms with Crippen LogP contribution in [0.25, 0.3) is 76.5 Å². The molecule has 0 saturated heterocycles. The second-order valence-electron chi connectivity index (χ2n) is 10.8. The van der Waals surface area contributed by atoms with Crippen LogP contribution in [0.5, 0.6) is 11.5 Å². The van der Waals surface area contributed by atoms with E-state index in [1.807, 2.05) is 6.07 Å². The van der Waals surface area contributed by atoms with Crippen LogP contribution in [0.2, 0.25) is 0 Å². The minimum Gasteiger partial charge on any atom is -0.456 e. The third kappa shape index (κ3) is 3.24. The van der Waals surface area contributed by atoms with Gasteiger partial charge >= 0.3 is 0 Å². The molecule has 1 aliphatic heterocycles. The van der Waals surface area contributed by atoms with Gasteiger partial charge in [-0.25, -0.2) is 0 Å². The molecule has 1 aliphatic rings. The van der Waals surface area contributed by atoms with Crippen LogP contribution in [-0.4, -0.2) is 0 Å². The van der Waals surface area contributed by atoms with Crippen molar-refractivity contribution in [1.29, 1.82) is 0 Å². The van der Waals surface area contributed by atoms with Gasteiger partial charge in [0.1, 0.15) is 11.5 Å². The van der Waals surface area contributed by atoms with E-state index in [-0.39, 0.29) is 0 Å². The van der Waals surface area contributed by atoms with Gasteiger partial charge in [-0.05, 0) is 83.7 Å². The van der Waals surface area contributed by atoms with Gasteiger partial charge in [0.15, 0.2) is 0 Å². The Morgan fingerprint density at radius 3 is 1.63 bits per heavy atom. The Morgan fingerprint density at radius 1 is 0.341 bits per heavy atom. The summed E-state index contributed by atoms with van der Waals surface area (Å²) in [6.45, 7) is 0. The molecular weight excluding hydrogens is 496 g/mol. The minimum absolute atomic E-state index is 0.908. The molecule has 8 aromatic rings. The van der Waals surface area contributed by atoms with Crippen molar-refractivity contribution in [2.24, 2.45) is 0 Å². The average molecular weight is 521 g/mol. The zero-order chi connectivity index (χ0) is 26.9. The summed E-state index contributed by atoms with van der Waals surface area (Å²) in [5.74, 6) is 1.82. The highest BCUT2D eigenvalue weighted by atomic mass is 16.5. The first-order chi connectivity index (χ1) is 20.3. The van der Waals surface area contributed by atoms with E-state index >= 15 is 0 Å². The Balaban J connectivity index is 1.40. The van der Waals surface area contributed by atoms with Crippen molar-refractivity contribution in [1.82, 2.24) is 0 Å². The Bertz CT molecular complexity index is 2280. The first-order valence-corrected chi connectivity index (χ1v) is 14.1. The van der Waals surface area contributed by atoms with E-state index in [9.17, 15) is 0 Å². The van der Waals surface area contributed by atoms with Crippen LogP contribution in [0.4, 0.5) is 0 Å². The second kappa shape index (κ2) is 8.55. The molecule has 0 N–H and O–H groups in total. The van der Waals surface area contributed by atoms with Gasteiger partial charge < -0.3 is 4.74 Å². The number of hydrogen-bond acceptors (Lipinski definition) is 1. The maximum absolute atomic E-state index is 6.58. The summed E-state index contributed by atoms with van der Waals surface area (Å²) in [5, 5.41) is 9.89. The number of rotatable bonds is 2. The lowest BCUT2D eigenvalue weighted by Crippen LogP contribution is -1.98. The van der Waals surface area contributed by atoms with E-state index in [2.05, 4.69) is 140 Å². The Morgan fingerprint density at radius 2 is 0.878 bits per heavy atom. The number of para-hydroxylation sites is 1. The molecule has 1 heterocycles. The molecule has 0 radical (unpaired) electrons. The lowest BCUT2D eigenvalue weighted by atomic mass is 9.84. The quantitative estimate of drug-likeness (QED) is 0.206. The molecule has 0 aliphatic carbocycles. The van der Waals surface area contributed by atoms with Gasteiger partial charge in [-0.15, -0.1) is 0 Å². The molecule has 0 unspecified atom stereocenters. The third-order valence-electron chi connectivity index (χ3n) is 8.62. The van der Waals surface area contributed by atoms with Crippen molar-refractivity contribution < 1.29 is 4.74 Å². The molecule has 0 atom stereocenters. The van der Waals surface area contributed by atoms with Crippen LogP contribution in [0.3, 0.4) is 0 Å². The highest BCUT2D eigenvalue weighted by molar-refractivity contribution is 6.24. The van der Waals surface area contributed by atoms with Crippen molar-refractivity contribution in [2.45, 2.75) is 0 Å². The topological polar surface area (TPSA) is 9.23 Å². The van der Waals surface area contributed by atoms with E-state index in [0.717, 1.165) is 17.1 Å². The summed E-state index contributed by atoms with van der Waals surface area (Å²) in [5.41, 5.74) is 7.33. The van der Waals surface area contributed by atoms with E-state index in [1.165, 1.54) is 70.9 Å². The molecule has 9 rings (SSSR count). The van der Waals surface area contributed by atoms with Gasteiger partial charge in [0.05, 0.1) is 0 Å². The standard InChI is InChI=1S/C40H24O/c1-2-14-28-25(11-1)12-9-20-30(28)40-34-18-5-3-16-32(34)38(33-17-4-6-19-35(33)40)27-23-26-13-10-21-31-29-15-7-8-22-36(29)41-37(24-27)39(26)31/h1-24H. The van der Waals surface area contributed by atoms with Gasteiger partial charge in [0.25, 0.3) is 0 Å². The number of benzene rings is 8. The SMILES string of the molecule is c1ccc2c(c1)Oc1cc(-c3c4ccccc4c(-c4cccc5ccccc45)c4ccccc34)cc3cccc-2c13. The molecule has 8 aromatic carbocycles. The largest absolute Gasteiger partial charge is 0.456 e. The zero-order valence-corrected chi connectivity index (χ0v) is 22.3. The predicted octanol–water partition coefficient (Wildman–Crippen LogP) is 11.4. The zero-order valence-electron chi connectivity index (χ0n) is 22.3. The fraction of sp³-hybridized carbons (Fsp3) is 0. The van der Waals surface area contributed by atoms with Crippen LogP contribution >= 0.6 is 0 Å². The molecule has 0 aromatic heterocycles. The summed E-state index contributed by atoms with van der Waals surface area (Å²) < 4.78 is 6.58. The molecule has 0 bridgehead atoms. The Hall–Kier alpha value is -5.40. The molecule has 0 saturated carbocycles. The average Bonchev–Trinajstić information content (AvgIpc) is 3.03. The number of ether oxygens (including phenoxy) is 1. The highest BCUT2D eigenvalue weighted by Gasteiger charge is 2.23. The van der Waals surface area contributed by atoms with Gasteiger partial charge in [0.2, 0.25) is 0 Å². The van der Waals surface area contributed by atoms with Crippen LogP contribution in [0.1, 0.15) is 0 Å². The Labute approximate surface area is 237 Å². The molecule has 41 heavy (non-hydrogen) atoms. The molecule has 1 heteroatoms. The molecule has 190 valence electrons. The van der Waals surface area contributed by atoms with Crippen molar-refractivity contribution in [3.8, 4) is 44.9 Å². The van der Waals surface area contributed by atoms with Gasteiger partial charge in [-0.3, -0.25) is 0 Å². The van der Waals surface area contributed by atoms with Gasteiger partial charge in [0, 0.05) is 10.9 Å². The summed E-state index contributed by atoms with van der Waals surface area (Å²) in [7, 11) is 0. The highest BCUT2D eigenvalue weighted by Crippen LogP contribution is 2.50. The van der Waals surface area contributed by atoms with E-state index in [1.54, 1.807) is 0 Å². The van der Waals surface area contributed by atoms with E-state index in [4.69, 9.17) is 4.74 Å². The molecule has 0 fully saturated rings. The summed E-state index contributed by atoms with van der Waals surface area (Å²) in [6, 6.07) is 52.5. The van der Waals surface area contributed by atoms with Crippen LogP contribution < -0.4 is 4.74 Å². The van der Waals surface area contributed by atoms with E-state index < -0.39 is 0 Å². The van der Waals surface area contributed by atoms with Gasteiger partial charge in [-0.1, -0.05) is 127 Å². The monoisotopic (exact) mass is 520 g/mol. The molecule has 0 amide bonds. The second-order valence-corrected chi connectivity index (χ2v) is 10.8. The maximum Gasteiger partial charge on any atom is 0.136 e. The normalized spacial score (nSPS) is 12.1. The third-order valence-corrected chi connectivity index (χ3v) is 8.62. The van der Waals surface area contributed by atoms with Crippen molar-refractivity contribution >= 4 is 43.1 Å². The molecule has 0 spiro atoms. The minimum atomic E-state index is 0.908. The van der Waals surface area contributed by atoms with Gasteiger partial charge in [-0.2, -0.15) is 0 Å². The summed E-state index contributed by atoms with van der Waals surface area (Å²) in [6.07, 6.45) is 0. The van der Waals surface area contributed by atoms with E-state index in [0.29, 0.717) is 0 Å². The first kappa shape index (κ1) is 22.4.